The van der Waals surface area contributed by atoms with Gasteiger partial charge < -0.3 is 14.5 Å². The fourth-order valence-corrected chi connectivity index (χ4v) is 2.18. The van der Waals surface area contributed by atoms with E-state index >= 15 is 0 Å². The molecule has 18 heavy (non-hydrogen) atoms. The molecule has 1 fully saturated rings. The number of hydrogen-bond acceptors (Lipinski definition) is 5. The van der Waals surface area contributed by atoms with E-state index in [-0.39, 0.29) is 5.91 Å². The van der Waals surface area contributed by atoms with Crippen molar-refractivity contribution in [2.24, 2.45) is 5.92 Å². The van der Waals surface area contributed by atoms with Crippen LogP contribution in [0.1, 0.15) is 6.42 Å². The van der Waals surface area contributed by atoms with Crippen molar-refractivity contribution >= 4 is 11.9 Å². The molecule has 0 aliphatic carbocycles. The number of anilines is 1. The maximum absolute atomic E-state index is 11.5. The van der Waals surface area contributed by atoms with Gasteiger partial charge in [0.25, 0.3) is 0 Å². The highest BCUT2D eigenvalue weighted by Crippen LogP contribution is 2.19. The molecule has 0 radical (unpaired) electrons. The van der Waals surface area contributed by atoms with Crippen LogP contribution in [0.4, 0.5) is 5.95 Å². The summed E-state index contributed by atoms with van der Waals surface area (Å²) in [5, 5.41) is 0. The SMILES string of the molecule is COc1ccnc(N(C)C[C@@H]2CC(=O)N(C)C2)n1. The van der Waals surface area contributed by atoms with Crippen LogP contribution in [-0.2, 0) is 4.79 Å². The number of likely N-dealkylation sites (tertiary alicyclic amines) is 1. The molecule has 1 aliphatic rings. The summed E-state index contributed by atoms with van der Waals surface area (Å²) in [4.78, 5) is 23.7. The molecule has 1 aromatic rings. The third-order valence-corrected chi connectivity index (χ3v) is 3.12. The number of rotatable bonds is 4. The van der Waals surface area contributed by atoms with Crippen LogP contribution in [0.25, 0.3) is 0 Å². The van der Waals surface area contributed by atoms with Gasteiger partial charge in [-0.1, -0.05) is 0 Å². The van der Waals surface area contributed by atoms with Crippen LogP contribution in [0.15, 0.2) is 12.3 Å². The van der Waals surface area contributed by atoms with Gasteiger partial charge in [0.05, 0.1) is 7.11 Å². The van der Waals surface area contributed by atoms with Crippen molar-refractivity contribution in [1.29, 1.82) is 0 Å². The van der Waals surface area contributed by atoms with Gasteiger partial charge in [-0.25, -0.2) is 4.98 Å². The van der Waals surface area contributed by atoms with Crippen LogP contribution in [0, 0.1) is 5.92 Å². The lowest BCUT2D eigenvalue weighted by molar-refractivity contribution is -0.126. The Morgan fingerprint density at radius 1 is 1.61 bits per heavy atom. The highest BCUT2D eigenvalue weighted by atomic mass is 16.5. The maximum atomic E-state index is 11.5. The summed E-state index contributed by atoms with van der Waals surface area (Å²) in [6.07, 6.45) is 2.27. The lowest BCUT2D eigenvalue weighted by atomic mass is 10.1. The van der Waals surface area contributed by atoms with Crippen molar-refractivity contribution in [3.05, 3.63) is 12.3 Å². The van der Waals surface area contributed by atoms with E-state index in [9.17, 15) is 4.79 Å². The molecule has 1 aliphatic heterocycles. The number of hydrogen-bond donors (Lipinski definition) is 0. The third kappa shape index (κ3) is 2.69. The molecule has 1 atom stereocenters. The Morgan fingerprint density at radius 2 is 2.39 bits per heavy atom. The van der Waals surface area contributed by atoms with Crippen molar-refractivity contribution in [3.63, 3.8) is 0 Å². The third-order valence-electron chi connectivity index (χ3n) is 3.12. The topological polar surface area (TPSA) is 58.6 Å². The Morgan fingerprint density at radius 3 is 3.00 bits per heavy atom. The van der Waals surface area contributed by atoms with Gasteiger partial charge in [-0.15, -0.1) is 0 Å². The lowest BCUT2D eigenvalue weighted by Gasteiger charge is -2.20. The van der Waals surface area contributed by atoms with E-state index in [0.29, 0.717) is 24.2 Å². The van der Waals surface area contributed by atoms with Crippen LogP contribution in [0.5, 0.6) is 5.88 Å². The smallest absolute Gasteiger partial charge is 0.228 e. The van der Waals surface area contributed by atoms with Crippen molar-refractivity contribution in [2.45, 2.75) is 6.42 Å². The second-order valence-corrected chi connectivity index (χ2v) is 4.62. The fraction of sp³-hybridized carbons (Fsp3) is 0.583. The van der Waals surface area contributed by atoms with Gasteiger partial charge in [0.2, 0.25) is 17.7 Å². The lowest BCUT2D eigenvalue weighted by Crippen LogP contribution is -2.28. The van der Waals surface area contributed by atoms with Gasteiger partial charge in [-0.05, 0) is 0 Å². The second kappa shape index (κ2) is 5.20. The first-order valence-corrected chi connectivity index (χ1v) is 5.92. The number of ether oxygens (including phenoxy) is 1. The summed E-state index contributed by atoms with van der Waals surface area (Å²) in [6.45, 7) is 1.57. The first-order valence-electron chi connectivity index (χ1n) is 5.92. The first-order chi connectivity index (χ1) is 8.60. The first kappa shape index (κ1) is 12.6. The molecule has 0 aromatic carbocycles. The second-order valence-electron chi connectivity index (χ2n) is 4.62. The largest absolute Gasteiger partial charge is 0.481 e. The number of amides is 1. The Kier molecular flexibility index (Phi) is 3.64. The monoisotopic (exact) mass is 250 g/mol. The average Bonchev–Trinajstić information content (AvgIpc) is 2.68. The van der Waals surface area contributed by atoms with E-state index in [0.717, 1.165) is 13.1 Å². The zero-order chi connectivity index (χ0) is 13.1. The minimum Gasteiger partial charge on any atom is -0.481 e. The molecule has 6 nitrogen and oxygen atoms in total. The van der Waals surface area contributed by atoms with Crippen LogP contribution in [0.3, 0.4) is 0 Å². The summed E-state index contributed by atoms with van der Waals surface area (Å²) in [5.41, 5.74) is 0. The van der Waals surface area contributed by atoms with Gasteiger partial charge in [0, 0.05) is 51.8 Å². The molecular weight excluding hydrogens is 232 g/mol. The molecule has 0 saturated carbocycles. The van der Waals surface area contributed by atoms with Gasteiger partial charge >= 0.3 is 0 Å². The van der Waals surface area contributed by atoms with Crippen LogP contribution in [0.2, 0.25) is 0 Å². The molecule has 0 bridgehead atoms. The quantitative estimate of drug-likeness (QED) is 0.774. The van der Waals surface area contributed by atoms with Gasteiger partial charge in [-0.2, -0.15) is 4.98 Å². The highest BCUT2D eigenvalue weighted by Gasteiger charge is 2.28. The molecule has 2 rings (SSSR count). The summed E-state index contributed by atoms with van der Waals surface area (Å²) in [5.74, 6) is 1.71. The number of nitrogens with zero attached hydrogens (tertiary/aromatic N) is 4. The highest BCUT2D eigenvalue weighted by molar-refractivity contribution is 5.78. The Labute approximate surface area is 107 Å². The molecule has 0 unspecified atom stereocenters. The zero-order valence-electron chi connectivity index (χ0n) is 11.0. The summed E-state index contributed by atoms with van der Waals surface area (Å²) < 4.78 is 5.07. The molecule has 2 heterocycles. The Bertz CT molecular complexity index is 438. The average molecular weight is 250 g/mol. The molecule has 98 valence electrons. The van der Waals surface area contributed by atoms with E-state index in [2.05, 4.69) is 9.97 Å². The molecule has 6 heteroatoms. The van der Waals surface area contributed by atoms with Crippen molar-refractivity contribution in [1.82, 2.24) is 14.9 Å². The number of methoxy groups -OCH3 is 1. The molecule has 0 spiro atoms. The Hall–Kier alpha value is -1.85. The van der Waals surface area contributed by atoms with Gasteiger partial charge in [0.1, 0.15) is 0 Å². The molecular formula is C12H18N4O2. The molecule has 1 amide bonds. The summed E-state index contributed by atoms with van der Waals surface area (Å²) >= 11 is 0. The number of carbonyl (C=O) groups excluding carboxylic acids is 1. The molecule has 1 saturated heterocycles. The number of aromatic nitrogens is 2. The Balaban J connectivity index is 1.99. The number of carbonyl (C=O) groups is 1. The summed E-state index contributed by atoms with van der Waals surface area (Å²) in [7, 11) is 5.35. The maximum Gasteiger partial charge on any atom is 0.228 e. The molecule has 0 N–H and O–H groups in total. The molecule has 1 aromatic heterocycles. The summed E-state index contributed by atoms with van der Waals surface area (Å²) in [6, 6.07) is 1.71. The van der Waals surface area contributed by atoms with Crippen molar-refractivity contribution in [2.75, 3.05) is 39.2 Å². The van der Waals surface area contributed by atoms with Crippen LogP contribution >= 0.6 is 0 Å². The van der Waals surface area contributed by atoms with Crippen LogP contribution in [-0.4, -0.2) is 55.1 Å². The normalized spacial score (nSPS) is 19.2. The standard InChI is InChI=1S/C12H18N4O2/c1-15-7-9(6-11(15)17)8-16(2)12-13-5-4-10(14-12)18-3/h4-5,9H,6-8H2,1-3H3/t9-/m1/s1. The van der Waals surface area contributed by atoms with Gasteiger partial charge in [-0.3, -0.25) is 4.79 Å². The predicted octanol–water partition coefficient (Wildman–Crippen LogP) is 0.400. The van der Waals surface area contributed by atoms with E-state index in [1.807, 2.05) is 19.0 Å². The fourth-order valence-electron chi connectivity index (χ4n) is 2.18. The van der Waals surface area contributed by atoms with Crippen LogP contribution < -0.4 is 9.64 Å². The van der Waals surface area contributed by atoms with E-state index in [1.54, 1.807) is 24.3 Å². The minimum absolute atomic E-state index is 0.208. The van der Waals surface area contributed by atoms with E-state index in [4.69, 9.17) is 4.74 Å². The van der Waals surface area contributed by atoms with E-state index < -0.39 is 0 Å². The van der Waals surface area contributed by atoms with Crippen molar-refractivity contribution < 1.29 is 9.53 Å². The van der Waals surface area contributed by atoms with Crippen molar-refractivity contribution in [3.8, 4) is 5.88 Å². The van der Waals surface area contributed by atoms with E-state index in [1.165, 1.54) is 0 Å². The predicted molar refractivity (Wildman–Crippen MR) is 67.6 cm³/mol. The minimum atomic E-state index is 0.208. The van der Waals surface area contributed by atoms with Gasteiger partial charge in [0.15, 0.2) is 0 Å². The zero-order valence-corrected chi connectivity index (χ0v) is 11.0.